The molecule has 0 aliphatic rings. The van der Waals surface area contributed by atoms with Crippen LogP contribution in [0.25, 0.3) is 0 Å². The van der Waals surface area contributed by atoms with Gasteiger partial charge in [0.25, 0.3) is 0 Å². The predicted octanol–water partition coefficient (Wildman–Crippen LogP) is -7.50. The van der Waals surface area contributed by atoms with E-state index in [9.17, 15) is 0 Å². The van der Waals surface area contributed by atoms with Gasteiger partial charge in [0.05, 0.1) is 11.4 Å². The molecule has 7 heteroatoms. The molecule has 1 rings (SSSR count). The molecule has 0 bridgehead atoms. The van der Waals surface area contributed by atoms with Crippen LogP contribution in [0.3, 0.4) is 0 Å². The Bertz CT molecular complexity index is 326. The molecule has 0 aromatic carbocycles. The predicted molar refractivity (Wildman–Crippen MR) is 56.0 cm³/mol. The summed E-state index contributed by atoms with van der Waals surface area (Å²) in [6.45, 7) is 2.03. The molecule has 0 aliphatic heterocycles. The molecule has 0 spiro atoms. The summed E-state index contributed by atoms with van der Waals surface area (Å²) in [6.07, 6.45) is 3.47. The molecule has 3 nitrogen and oxygen atoms in total. The Morgan fingerprint density at radius 2 is 1.29 bits per heavy atom. The van der Waals surface area contributed by atoms with Crippen molar-refractivity contribution in [1.29, 1.82) is 0 Å². The maximum atomic E-state index is 4.31. The van der Waals surface area contributed by atoms with Crippen molar-refractivity contribution in [3.05, 3.63) is 29.1 Å². The van der Waals surface area contributed by atoms with Gasteiger partial charge in [-0.25, -0.2) is 4.98 Å². The molecular formula is C10H13Cl3N3Nd. The molecule has 0 saturated carbocycles. The first-order valence-electron chi connectivity index (χ1n) is 4.09. The second-order valence-electron chi connectivity index (χ2n) is 2.77. The van der Waals surface area contributed by atoms with Gasteiger partial charge in [-0.1, -0.05) is 0 Å². The van der Waals surface area contributed by atoms with E-state index in [2.05, 4.69) is 15.0 Å². The summed E-state index contributed by atoms with van der Waals surface area (Å²) in [5.41, 5.74) is 2.91. The Kier molecular flexibility index (Phi) is 22.9. The average molecular weight is 426 g/mol. The number of pyridine rings is 1. The van der Waals surface area contributed by atoms with E-state index in [1.54, 1.807) is 26.5 Å². The van der Waals surface area contributed by atoms with Crippen LogP contribution < -0.4 is 37.2 Å². The van der Waals surface area contributed by atoms with Crippen LogP contribution in [0, 0.1) is 47.8 Å². The van der Waals surface area contributed by atoms with Crippen molar-refractivity contribution >= 4 is 12.4 Å². The molecule has 1 aromatic rings. The Balaban J connectivity index is -0.000000211. The van der Waals surface area contributed by atoms with Crippen LogP contribution in [0.4, 0.5) is 0 Å². The van der Waals surface area contributed by atoms with Gasteiger partial charge < -0.3 is 37.2 Å². The zero-order valence-electron chi connectivity index (χ0n) is 9.78. The van der Waals surface area contributed by atoms with Crippen molar-refractivity contribution in [3.63, 3.8) is 0 Å². The number of nitrogens with zero attached hydrogens (tertiary/aromatic N) is 3. The molecule has 0 amide bonds. The summed E-state index contributed by atoms with van der Waals surface area (Å²) < 4.78 is 0. The van der Waals surface area contributed by atoms with Gasteiger partial charge in [-0.05, 0) is 24.6 Å². The number of halogens is 3. The van der Waals surface area contributed by atoms with E-state index in [4.69, 9.17) is 0 Å². The molecular weight excluding hydrogens is 413 g/mol. The molecule has 93 valence electrons. The van der Waals surface area contributed by atoms with Crippen LogP contribution in [0.5, 0.6) is 0 Å². The monoisotopic (exact) mass is 422 g/mol. The second-order valence-corrected chi connectivity index (χ2v) is 2.77. The first kappa shape index (κ1) is 26.3. The van der Waals surface area contributed by atoms with Crippen LogP contribution in [0.2, 0.25) is 0 Å². The first-order chi connectivity index (χ1) is 6.26. The Hall–Kier alpha value is 0.711. The first-order valence-corrected chi connectivity index (χ1v) is 4.09. The smallest absolute Gasteiger partial charge is 1.00 e. The van der Waals surface area contributed by atoms with Gasteiger partial charge in [0.1, 0.15) is 0 Å². The minimum absolute atomic E-state index is 0. The quantitative estimate of drug-likeness (QED) is 0.434. The number of rotatable bonds is 2. The standard InChI is InChI=1S/C10H13N3.3ClH.Nd/c1-8-4-9(6-11-2)13-10(5-8)7-12-3;;;;/h4-7H,1-3H3;3*1H;/q;;;;+3/p-3. The van der Waals surface area contributed by atoms with Crippen molar-refractivity contribution in [1.82, 2.24) is 4.98 Å². The fraction of sp³-hybridized carbons (Fsp3) is 0.300. The summed E-state index contributed by atoms with van der Waals surface area (Å²) >= 11 is 0. The number of aromatic nitrogens is 1. The molecule has 0 saturated heterocycles. The fourth-order valence-electron chi connectivity index (χ4n) is 1.12. The van der Waals surface area contributed by atoms with E-state index in [1.165, 1.54) is 5.56 Å². The van der Waals surface area contributed by atoms with Crippen molar-refractivity contribution in [2.24, 2.45) is 9.98 Å². The van der Waals surface area contributed by atoms with E-state index < -0.39 is 0 Å². The summed E-state index contributed by atoms with van der Waals surface area (Å²) in [6, 6.07) is 3.97. The topological polar surface area (TPSA) is 37.6 Å². The number of hydrogen-bond acceptors (Lipinski definition) is 3. The van der Waals surface area contributed by atoms with E-state index in [0.717, 1.165) is 11.4 Å². The van der Waals surface area contributed by atoms with Crippen LogP contribution in [-0.4, -0.2) is 31.5 Å². The van der Waals surface area contributed by atoms with Gasteiger partial charge in [0.15, 0.2) is 0 Å². The van der Waals surface area contributed by atoms with E-state index in [1.807, 2.05) is 19.1 Å². The van der Waals surface area contributed by atoms with Crippen LogP contribution in [0.15, 0.2) is 22.1 Å². The van der Waals surface area contributed by atoms with Crippen molar-refractivity contribution in [2.45, 2.75) is 6.92 Å². The third-order valence-corrected chi connectivity index (χ3v) is 1.53. The third-order valence-electron chi connectivity index (χ3n) is 1.53. The molecule has 0 N–H and O–H groups in total. The number of aryl methyl sites for hydroxylation is 1. The van der Waals surface area contributed by atoms with Gasteiger partial charge in [0, 0.05) is 26.5 Å². The van der Waals surface area contributed by atoms with Crippen molar-refractivity contribution < 1.29 is 78.1 Å². The Morgan fingerprint density at radius 1 is 0.941 bits per heavy atom. The molecule has 0 fully saturated rings. The average Bonchev–Trinajstić information content (AvgIpc) is 2.04. The normalized spacial score (nSPS) is 8.88. The molecule has 1 radical (unpaired) electrons. The SMILES string of the molecule is CN=Cc1cc(C)cc(C=NC)n1.[Cl-].[Cl-].[Cl-].[Nd+3]. The van der Waals surface area contributed by atoms with Crippen LogP contribution in [0.1, 0.15) is 17.0 Å². The van der Waals surface area contributed by atoms with E-state index in [0.29, 0.717) is 0 Å². The summed E-state index contributed by atoms with van der Waals surface area (Å²) in [5.74, 6) is 0. The summed E-state index contributed by atoms with van der Waals surface area (Å²) in [7, 11) is 3.47. The van der Waals surface area contributed by atoms with Crippen LogP contribution in [-0.2, 0) is 0 Å². The third kappa shape index (κ3) is 10.3. The summed E-state index contributed by atoms with van der Waals surface area (Å²) in [4.78, 5) is 12.1. The largest absolute Gasteiger partial charge is 3.00 e. The molecule has 17 heavy (non-hydrogen) atoms. The van der Waals surface area contributed by atoms with Gasteiger partial charge in [-0.2, -0.15) is 0 Å². The minimum Gasteiger partial charge on any atom is -1.00 e. The van der Waals surface area contributed by atoms with E-state index >= 15 is 0 Å². The molecule has 0 atom stereocenters. The maximum Gasteiger partial charge on any atom is 3.00 e. The molecule has 1 heterocycles. The fourth-order valence-corrected chi connectivity index (χ4v) is 1.12. The van der Waals surface area contributed by atoms with Crippen molar-refractivity contribution in [2.75, 3.05) is 14.1 Å². The second kappa shape index (κ2) is 14.8. The van der Waals surface area contributed by atoms with Crippen LogP contribution >= 0.6 is 0 Å². The Morgan fingerprint density at radius 3 is 1.59 bits per heavy atom. The molecule has 0 aliphatic carbocycles. The van der Waals surface area contributed by atoms with Gasteiger partial charge >= 0.3 is 40.8 Å². The number of aliphatic imine (C=N–C) groups is 2. The Labute approximate surface area is 154 Å². The zero-order chi connectivity index (χ0) is 9.68. The number of hydrogen-bond donors (Lipinski definition) is 0. The minimum atomic E-state index is 0. The van der Waals surface area contributed by atoms with Gasteiger partial charge in [-0.3, -0.25) is 9.98 Å². The van der Waals surface area contributed by atoms with Gasteiger partial charge in [-0.15, -0.1) is 0 Å². The zero-order valence-corrected chi connectivity index (χ0v) is 15.3. The van der Waals surface area contributed by atoms with E-state index in [-0.39, 0.29) is 78.1 Å². The van der Waals surface area contributed by atoms with Crippen molar-refractivity contribution in [3.8, 4) is 0 Å². The maximum absolute atomic E-state index is 4.31. The molecule has 1 aromatic heterocycles. The van der Waals surface area contributed by atoms with Gasteiger partial charge in [0.2, 0.25) is 0 Å². The summed E-state index contributed by atoms with van der Waals surface area (Å²) in [5, 5.41) is 0. The molecule has 0 unspecified atom stereocenters.